The fourth-order valence-electron chi connectivity index (χ4n) is 3.63. The smallest absolute Gasteiger partial charge is 0.270 e. The Balaban J connectivity index is 1.62. The fourth-order valence-corrected chi connectivity index (χ4v) is 3.63. The van der Waals surface area contributed by atoms with Gasteiger partial charge in [-0.15, -0.1) is 0 Å². The summed E-state index contributed by atoms with van der Waals surface area (Å²) in [5.41, 5.74) is 8.56. The Hall–Kier alpha value is -2.47. The molecule has 0 radical (unpaired) electrons. The van der Waals surface area contributed by atoms with Gasteiger partial charge in [-0.2, -0.15) is 0 Å². The van der Waals surface area contributed by atoms with Gasteiger partial charge in [-0.25, -0.2) is 0 Å². The van der Waals surface area contributed by atoms with Crippen molar-refractivity contribution in [1.29, 1.82) is 0 Å². The van der Waals surface area contributed by atoms with Crippen LogP contribution in [-0.2, 0) is 5.54 Å². The van der Waals surface area contributed by atoms with Crippen LogP contribution >= 0.6 is 0 Å². The monoisotopic (exact) mass is 354 g/mol. The second kappa shape index (κ2) is 6.36. The number of carbonyl (C=O) groups excluding carboxylic acids is 1. The average molecular weight is 354 g/mol. The molecule has 1 amide bonds. The first-order chi connectivity index (χ1) is 12.4. The van der Waals surface area contributed by atoms with Crippen molar-refractivity contribution in [1.82, 2.24) is 9.88 Å². The quantitative estimate of drug-likeness (QED) is 0.889. The number of benzene rings is 1. The number of nitrogens with zero attached hydrogens (tertiary/aromatic N) is 2. The molecule has 0 aliphatic carbocycles. The Bertz CT molecular complexity index is 798. The molecule has 3 N–H and O–H groups in total. The average Bonchev–Trinajstić information content (AvgIpc) is 3.29. The second-order valence-corrected chi connectivity index (χ2v) is 7.66. The fraction of sp³-hybridized carbons (Fsp3) is 0.450. The summed E-state index contributed by atoms with van der Waals surface area (Å²) >= 11 is 0. The highest BCUT2D eigenvalue weighted by Crippen LogP contribution is 2.37. The van der Waals surface area contributed by atoms with Crippen LogP contribution in [0.1, 0.15) is 42.7 Å². The third-order valence-corrected chi connectivity index (χ3v) is 5.15. The zero-order valence-corrected chi connectivity index (χ0v) is 15.4. The van der Waals surface area contributed by atoms with Crippen molar-refractivity contribution >= 4 is 17.4 Å². The molecule has 0 saturated carbocycles. The number of nitrogens with one attached hydrogen (secondary N) is 1. The minimum absolute atomic E-state index is 0.0562. The summed E-state index contributed by atoms with van der Waals surface area (Å²) in [5.74, 6) is 1.64. The maximum Gasteiger partial charge on any atom is 0.270 e. The van der Waals surface area contributed by atoms with Crippen LogP contribution in [0.5, 0.6) is 5.75 Å². The zero-order valence-electron chi connectivity index (χ0n) is 15.4. The number of rotatable bonds is 3. The van der Waals surface area contributed by atoms with Crippen molar-refractivity contribution < 1.29 is 9.53 Å². The highest BCUT2D eigenvalue weighted by molar-refractivity contribution is 5.94. The molecule has 6 heteroatoms. The predicted octanol–water partition coefficient (Wildman–Crippen LogP) is 2.98. The lowest BCUT2D eigenvalue weighted by molar-refractivity contribution is 0.0787. The van der Waals surface area contributed by atoms with Crippen LogP contribution in [0.4, 0.5) is 11.5 Å². The molecule has 3 heterocycles. The van der Waals surface area contributed by atoms with Crippen molar-refractivity contribution in [3.63, 3.8) is 0 Å². The molecule has 2 aliphatic heterocycles. The lowest BCUT2D eigenvalue weighted by atomic mass is 9.95. The van der Waals surface area contributed by atoms with Gasteiger partial charge in [0.25, 0.3) is 5.91 Å². The van der Waals surface area contributed by atoms with Crippen LogP contribution in [0.3, 0.4) is 0 Å². The van der Waals surface area contributed by atoms with Crippen molar-refractivity contribution in [2.24, 2.45) is 5.73 Å². The zero-order chi connectivity index (χ0) is 18.3. The summed E-state index contributed by atoms with van der Waals surface area (Å²) in [6.45, 7) is 6.99. The minimum atomic E-state index is -0.365. The van der Waals surface area contributed by atoms with Gasteiger partial charge in [0, 0.05) is 30.4 Å². The summed E-state index contributed by atoms with van der Waals surface area (Å²) in [7, 11) is 0. The summed E-state index contributed by atoms with van der Waals surface area (Å²) in [6.07, 6.45) is 2.16. The molecule has 4 rings (SSSR count). The van der Waals surface area contributed by atoms with Crippen LogP contribution in [0.15, 0.2) is 30.3 Å². The first-order valence-corrected chi connectivity index (χ1v) is 9.25. The van der Waals surface area contributed by atoms with Gasteiger partial charge in [0.2, 0.25) is 0 Å². The summed E-state index contributed by atoms with van der Waals surface area (Å²) in [4.78, 5) is 20.0. The molecule has 138 valence electrons. The van der Waals surface area contributed by atoms with E-state index in [1.165, 1.54) is 0 Å². The molecule has 1 aromatic heterocycles. The molecule has 0 bridgehead atoms. The Morgan fingerprint density at radius 1 is 1.15 bits per heavy atom. The minimum Gasteiger partial charge on any atom is -0.488 e. The Kier molecular flexibility index (Phi) is 4.15. The van der Waals surface area contributed by atoms with E-state index < -0.39 is 0 Å². The molecular formula is C20H26N4O2. The number of fused-ring (bicyclic) bond motifs is 1. The molecule has 2 aliphatic rings. The van der Waals surface area contributed by atoms with E-state index in [9.17, 15) is 4.79 Å². The van der Waals surface area contributed by atoms with Crippen LogP contribution in [0, 0.1) is 0 Å². The highest BCUT2D eigenvalue weighted by Gasteiger charge is 2.27. The summed E-state index contributed by atoms with van der Waals surface area (Å²) in [6, 6.07) is 10.1. The number of likely N-dealkylation sites (tertiary alicyclic amines) is 1. The first-order valence-electron chi connectivity index (χ1n) is 9.25. The van der Waals surface area contributed by atoms with E-state index in [0.717, 1.165) is 55.3 Å². The van der Waals surface area contributed by atoms with Gasteiger partial charge in [0.15, 0.2) is 11.6 Å². The third kappa shape index (κ3) is 3.05. The Morgan fingerprint density at radius 3 is 2.50 bits per heavy atom. The standard InChI is InChI=1S/C20H26N4O2/c1-20(2,21)14-5-7-15(8-6-14)24-11-12-26-17-13-16(22-18(17)24)19(25)23-9-3-4-10-23/h5-8,13,22H,3-4,9-12,21H2,1-2H3. The van der Waals surface area contributed by atoms with E-state index >= 15 is 0 Å². The molecule has 2 aromatic rings. The summed E-state index contributed by atoms with van der Waals surface area (Å²) in [5, 5.41) is 0. The number of hydrogen-bond donors (Lipinski definition) is 2. The van der Waals surface area contributed by atoms with Gasteiger partial charge < -0.3 is 25.3 Å². The lowest BCUT2D eigenvalue weighted by Crippen LogP contribution is -2.30. The van der Waals surface area contributed by atoms with Crippen molar-refractivity contribution in [3.05, 3.63) is 41.6 Å². The molecule has 1 saturated heterocycles. The van der Waals surface area contributed by atoms with Crippen LogP contribution in [0.25, 0.3) is 0 Å². The van der Waals surface area contributed by atoms with Gasteiger partial charge in [-0.3, -0.25) is 4.79 Å². The molecule has 1 aromatic carbocycles. The maximum atomic E-state index is 12.7. The van der Waals surface area contributed by atoms with Gasteiger partial charge >= 0.3 is 0 Å². The van der Waals surface area contributed by atoms with Gasteiger partial charge in [0.1, 0.15) is 12.3 Å². The van der Waals surface area contributed by atoms with Crippen LogP contribution < -0.4 is 15.4 Å². The molecule has 6 nitrogen and oxygen atoms in total. The largest absolute Gasteiger partial charge is 0.488 e. The SMILES string of the molecule is CC(C)(N)c1ccc(N2CCOc3cc(C(=O)N4CCCC4)[nH]c32)cc1. The van der Waals surface area contributed by atoms with Gasteiger partial charge in [-0.05, 0) is 44.4 Å². The van der Waals surface area contributed by atoms with Crippen molar-refractivity contribution in [2.45, 2.75) is 32.2 Å². The normalized spacial score (nSPS) is 17.2. The van der Waals surface area contributed by atoms with E-state index in [2.05, 4.69) is 34.1 Å². The van der Waals surface area contributed by atoms with Crippen molar-refractivity contribution in [2.75, 3.05) is 31.1 Å². The lowest BCUT2D eigenvalue weighted by Gasteiger charge is -2.29. The van der Waals surface area contributed by atoms with E-state index in [-0.39, 0.29) is 11.4 Å². The number of hydrogen-bond acceptors (Lipinski definition) is 4. The predicted molar refractivity (Wildman–Crippen MR) is 102 cm³/mol. The Morgan fingerprint density at radius 2 is 1.85 bits per heavy atom. The Labute approximate surface area is 153 Å². The van der Waals surface area contributed by atoms with Gasteiger partial charge in [-0.1, -0.05) is 12.1 Å². The molecule has 0 spiro atoms. The molecule has 0 unspecified atom stereocenters. The molecule has 26 heavy (non-hydrogen) atoms. The molecule has 0 atom stereocenters. The molecular weight excluding hydrogens is 328 g/mol. The first kappa shape index (κ1) is 17.0. The third-order valence-electron chi connectivity index (χ3n) is 5.15. The summed E-state index contributed by atoms with van der Waals surface area (Å²) < 4.78 is 5.78. The van der Waals surface area contributed by atoms with E-state index in [1.54, 1.807) is 0 Å². The van der Waals surface area contributed by atoms with E-state index in [4.69, 9.17) is 10.5 Å². The number of aromatic amines is 1. The number of carbonyl (C=O) groups is 1. The molecule has 1 fully saturated rings. The number of ether oxygens (including phenoxy) is 1. The highest BCUT2D eigenvalue weighted by atomic mass is 16.5. The van der Waals surface area contributed by atoms with Crippen molar-refractivity contribution in [3.8, 4) is 5.75 Å². The number of amides is 1. The maximum absolute atomic E-state index is 12.7. The topological polar surface area (TPSA) is 74.6 Å². The van der Waals surface area contributed by atoms with E-state index in [0.29, 0.717) is 12.3 Å². The number of H-pyrrole nitrogens is 1. The second-order valence-electron chi connectivity index (χ2n) is 7.66. The van der Waals surface area contributed by atoms with Crippen LogP contribution in [0.2, 0.25) is 0 Å². The number of anilines is 2. The van der Waals surface area contributed by atoms with Crippen LogP contribution in [-0.4, -0.2) is 42.0 Å². The van der Waals surface area contributed by atoms with E-state index in [1.807, 2.05) is 24.8 Å². The number of nitrogens with two attached hydrogens (primary N) is 1. The number of aromatic nitrogens is 1. The van der Waals surface area contributed by atoms with Gasteiger partial charge in [0.05, 0.1) is 6.54 Å².